The van der Waals surface area contributed by atoms with Crippen LogP contribution < -0.4 is 0 Å². The molecule has 586 valence electrons. The van der Waals surface area contributed by atoms with Crippen molar-refractivity contribution in [1.29, 1.82) is 0 Å². The van der Waals surface area contributed by atoms with Crippen molar-refractivity contribution in [2.24, 2.45) is 0 Å². The van der Waals surface area contributed by atoms with Crippen LogP contribution in [-0.2, 0) is 0 Å². The SMILES string of the molecule is c1ccc(-c2nc(-c3ccc4c5c(-c6cccc(-c7nc(-c8cccc9c8sc8cccc(-c%10nc(-c%11ccccc%11)nc(-c%11ccc%12c(c%11)c%11ccccc%11n%12-c%11ccccc%11)n%10)c89)nc8c7oc7ccccc78)c6)cccc5n(-c5ccccc5)c4c3)nc(-c3cccc4sc5c(-c6nc(-c7ccccc7)c7oc8ccccc8c7n6)cccc5c34)n2)cc1. The van der Waals surface area contributed by atoms with E-state index in [0.717, 1.165) is 201 Å². The van der Waals surface area contributed by atoms with Crippen molar-refractivity contribution in [2.45, 2.75) is 0 Å². The average molecular weight is 1650 g/mol. The van der Waals surface area contributed by atoms with E-state index >= 15 is 0 Å². The van der Waals surface area contributed by atoms with Gasteiger partial charge in [0.05, 0.1) is 22.1 Å². The van der Waals surface area contributed by atoms with Crippen LogP contribution in [0.15, 0.2) is 385 Å². The quantitative estimate of drug-likeness (QED) is 0.107. The normalized spacial score (nSPS) is 12.0. The number of hydrogen-bond donors (Lipinski definition) is 0. The van der Waals surface area contributed by atoms with E-state index < -0.39 is 0 Å². The molecule has 0 fully saturated rings. The Balaban J connectivity index is 0.599. The van der Waals surface area contributed by atoms with Crippen LogP contribution in [0.25, 0.3) is 264 Å². The number of rotatable bonds is 13. The van der Waals surface area contributed by atoms with Gasteiger partial charge in [-0.2, -0.15) is 0 Å². The zero-order chi connectivity index (χ0) is 82.6. The number of para-hydroxylation sites is 5. The lowest BCUT2D eigenvalue weighted by Gasteiger charge is -2.11. The van der Waals surface area contributed by atoms with Crippen molar-refractivity contribution >= 4 is 151 Å². The third-order valence-electron chi connectivity index (χ3n) is 24.3. The van der Waals surface area contributed by atoms with Gasteiger partial charge >= 0.3 is 0 Å². The maximum atomic E-state index is 6.93. The molecular weight excluding hydrogens is 1590 g/mol. The standard InChI is InChI=1S/C110H62N12O2S2/c1-6-28-63(29-7-1)95-99-97(75-41-17-20-52-88(75)123-99)113-109(111-95)81-48-23-44-77-94-80(47-27-55-91(94)125-101(77)81)108-118-104(65-32-10-3-11-33-65)116-106(120-108)69-56-58-74-87(62-69)122(71-38-14-5-15-39-71)86-51-25-43-72(92(74)86)66-34-22-35-67(60-66)96-100-98(76-42-18-21-53-89(76)124-100)114-110(112-96)82-49-24-45-78-93-79(46-26-54-90(93)126-102(78)82)107-117-103(64-30-8-2-9-31-64)115-105(119-107)68-57-59-85-83(61-68)73-40-16-19-50-84(73)121(85)70-36-12-4-13-37-70/h1-62H. The Hall–Kier alpha value is -16.7. The molecule has 0 aliphatic rings. The van der Waals surface area contributed by atoms with E-state index in [4.69, 9.17) is 58.7 Å². The van der Waals surface area contributed by atoms with Crippen LogP contribution in [-0.4, -0.2) is 59.0 Å². The number of fused-ring (bicyclic) bond motifs is 18. The summed E-state index contributed by atoms with van der Waals surface area (Å²) in [5.74, 6) is 4.57. The highest BCUT2D eigenvalue weighted by Crippen LogP contribution is 2.50. The van der Waals surface area contributed by atoms with Crippen LogP contribution in [0.4, 0.5) is 0 Å². The largest absolute Gasteiger partial charge is 0.452 e. The molecule has 0 aliphatic carbocycles. The Bertz CT molecular complexity index is 8990. The highest BCUT2D eigenvalue weighted by molar-refractivity contribution is 7.27. The van der Waals surface area contributed by atoms with Gasteiger partial charge < -0.3 is 18.0 Å². The molecule has 26 rings (SSSR count). The van der Waals surface area contributed by atoms with Crippen molar-refractivity contribution in [3.63, 3.8) is 0 Å². The summed E-state index contributed by atoms with van der Waals surface area (Å²) in [6.07, 6.45) is 0. The van der Waals surface area contributed by atoms with E-state index in [1.165, 1.54) is 0 Å². The second-order valence-corrected chi connectivity index (χ2v) is 33.7. The minimum atomic E-state index is 0.536. The first-order valence-electron chi connectivity index (χ1n) is 41.7. The molecule has 14 nitrogen and oxygen atoms in total. The summed E-state index contributed by atoms with van der Waals surface area (Å²) in [6, 6.07) is 131. The highest BCUT2D eigenvalue weighted by Gasteiger charge is 2.28. The van der Waals surface area contributed by atoms with E-state index in [-0.39, 0.29) is 0 Å². The maximum absolute atomic E-state index is 6.93. The molecule has 126 heavy (non-hydrogen) atoms. The molecule has 26 aromatic rings. The topological polar surface area (TPSA) is 165 Å². The molecule has 0 amide bonds. The minimum Gasteiger partial charge on any atom is -0.452 e. The molecule has 16 heteroatoms. The zero-order valence-corrected chi connectivity index (χ0v) is 68.4. The van der Waals surface area contributed by atoms with Crippen LogP contribution in [0.3, 0.4) is 0 Å². The second kappa shape index (κ2) is 28.5. The Labute approximate surface area is 725 Å². The van der Waals surface area contributed by atoms with Crippen molar-refractivity contribution in [1.82, 2.24) is 59.0 Å². The first kappa shape index (κ1) is 71.1. The molecule has 0 unspecified atom stereocenters. The van der Waals surface area contributed by atoms with E-state index in [2.05, 4.69) is 294 Å². The molecule has 16 aromatic carbocycles. The first-order chi connectivity index (χ1) is 62.4. The predicted octanol–water partition coefficient (Wildman–Crippen LogP) is 28.7. The van der Waals surface area contributed by atoms with Crippen molar-refractivity contribution in [3.8, 4) is 136 Å². The molecule has 0 saturated heterocycles. The summed E-state index contributed by atoms with van der Waals surface area (Å²) < 4.78 is 22.4. The molecular formula is C110H62N12O2S2. The summed E-state index contributed by atoms with van der Waals surface area (Å²) >= 11 is 3.43. The Morgan fingerprint density at radius 3 is 1.17 bits per heavy atom. The zero-order valence-electron chi connectivity index (χ0n) is 66.8. The van der Waals surface area contributed by atoms with Gasteiger partial charge in [0, 0.05) is 140 Å². The number of nitrogens with zero attached hydrogens (tertiary/aromatic N) is 12. The van der Waals surface area contributed by atoms with Gasteiger partial charge in [0.25, 0.3) is 0 Å². The summed E-state index contributed by atoms with van der Waals surface area (Å²) in [4.78, 5) is 54.3. The van der Waals surface area contributed by atoms with Crippen LogP contribution in [0.2, 0.25) is 0 Å². The summed E-state index contributed by atoms with van der Waals surface area (Å²) in [6.45, 7) is 0. The van der Waals surface area contributed by atoms with Crippen LogP contribution in [0.5, 0.6) is 0 Å². The van der Waals surface area contributed by atoms with Gasteiger partial charge in [-0.15, -0.1) is 22.7 Å². The Kier molecular flexibility index (Phi) is 16.1. The molecule has 10 aromatic heterocycles. The van der Waals surface area contributed by atoms with E-state index in [9.17, 15) is 0 Å². The Morgan fingerprint density at radius 2 is 0.595 bits per heavy atom. The molecule has 0 aliphatic heterocycles. The molecule has 0 saturated carbocycles. The Morgan fingerprint density at radius 1 is 0.206 bits per heavy atom. The molecule has 0 atom stereocenters. The third-order valence-corrected chi connectivity index (χ3v) is 26.7. The lowest BCUT2D eigenvalue weighted by Crippen LogP contribution is -2.00. The fraction of sp³-hybridized carbons (Fsp3) is 0. The first-order valence-corrected chi connectivity index (χ1v) is 43.4. The van der Waals surface area contributed by atoms with Crippen molar-refractivity contribution < 1.29 is 8.83 Å². The van der Waals surface area contributed by atoms with Gasteiger partial charge in [0.15, 0.2) is 57.8 Å². The number of furan rings is 2. The average Bonchev–Trinajstić information content (AvgIpc) is 1.57. The molecule has 0 N–H and O–H groups in total. The fourth-order valence-corrected chi connectivity index (χ4v) is 21.1. The predicted molar refractivity (Wildman–Crippen MR) is 513 cm³/mol. The van der Waals surface area contributed by atoms with Gasteiger partial charge in [-0.25, -0.2) is 49.8 Å². The van der Waals surface area contributed by atoms with Gasteiger partial charge in [-0.1, -0.05) is 261 Å². The number of aromatic nitrogens is 12. The van der Waals surface area contributed by atoms with E-state index in [0.29, 0.717) is 63.5 Å². The maximum Gasteiger partial charge on any atom is 0.180 e. The summed E-state index contributed by atoms with van der Waals surface area (Å²) in [5, 5.41) is 10.4. The smallest absolute Gasteiger partial charge is 0.180 e. The minimum absolute atomic E-state index is 0.536. The highest BCUT2D eigenvalue weighted by atomic mass is 32.1. The van der Waals surface area contributed by atoms with Crippen molar-refractivity contribution in [3.05, 3.63) is 376 Å². The second-order valence-electron chi connectivity index (χ2n) is 31.6. The van der Waals surface area contributed by atoms with Gasteiger partial charge in [-0.05, 0) is 126 Å². The molecule has 0 bridgehead atoms. The summed E-state index contributed by atoms with van der Waals surface area (Å²) in [7, 11) is 0. The van der Waals surface area contributed by atoms with Crippen LogP contribution >= 0.6 is 22.7 Å². The van der Waals surface area contributed by atoms with Crippen LogP contribution in [0.1, 0.15) is 0 Å². The molecule has 0 spiro atoms. The van der Waals surface area contributed by atoms with Gasteiger partial charge in [0.2, 0.25) is 0 Å². The van der Waals surface area contributed by atoms with Gasteiger partial charge in [0.1, 0.15) is 33.6 Å². The fourth-order valence-electron chi connectivity index (χ4n) is 18.6. The lowest BCUT2D eigenvalue weighted by molar-refractivity contribution is 0.667. The molecule has 0 radical (unpaired) electrons. The third kappa shape index (κ3) is 11.4. The van der Waals surface area contributed by atoms with Gasteiger partial charge in [-0.3, -0.25) is 0 Å². The monoisotopic (exact) mass is 1650 g/mol. The van der Waals surface area contributed by atoms with E-state index in [1.807, 2.05) is 91.0 Å². The summed E-state index contributed by atoms with van der Waals surface area (Å²) in [5.41, 5.74) is 22.9. The van der Waals surface area contributed by atoms with Crippen molar-refractivity contribution in [2.75, 3.05) is 0 Å². The number of thiophene rings is 2. The van der Waals surface area contributed by atoms with Crippen LogP contribution in [0, 0.1) is 0 Å². The number of benzene rings is 16. The number of hydrogen-bond acceptors (Lipinski definition) is 14. The molecule has 10 heterocycles. The lowest BCUT2D eigenvalue weighted by atomic mass is 9.96. The van der Waals surface area contributed by atoms with E-state index in [1.54, 1.807) is 22.7 Å².